The number of aromatic nitrogens is 3. The van der Waals surface area contributed by atoms with Crippen molar-refractivity contribution in [1.29, 1.82) is 0 Å². The maximum absolute atomic E-state index is 12.9. The van der Waals surface area contributed by atoms with Gasteiger partial charge in [-0.05, 0) is 28.7 Å². The van der Waals surface area contributed by atoms with Crippen molar-refractivity contribution < 1.29 is 0 Å². The predicted molar refractivity (Wildman–Crippen MR) is 101 cm³/mol. The Morgan fingerprint density at radius 3 is 2.16 bits per heavy atom. The molecule has 0 unspecified atom stereocenters. The van der Waals surface area contributed by atoms with E-state index in [0.717, 1.165) is 17.1 Å². The number of aryl methyl sites for hydroxylation is 1. The predicted octanol–water partition coefficient (Wildman–Crippen LogP) is 3.94. The first kappa shape index (κ1) is 17.2. The standard InChI is InChI=1S/C21H25N3O/c1-5-19-22-23(15-16-9-7-6-8-10-16)20(25)24(19)18-13-11-17(12-14-18)21(2,3)4/h6-14H,5,15H2,1-4H3. The zero-order chi connectivity index (χ0) is 18.0. The first-order valence-electron chi connectivity index (χ1n) is 8.73. The van der Waals surface area contributed by atoms with E-state index in [0.29, 0.717) is 13.0 Å². The summed E-state index contributed by atoms with van der Waals surface area (Å²) in [6.07, 6.45) is 0.706. The van der Waals surface area contributed by atoms with Crippen molar-refractivity contribution in [3.8, 4) is 5.69 Å². The van der Waals surface area contributed by atoms with E-state index in [1.165, 1.54) is 5.56 Å². The Labute approximate surface area is 148 Å². The minimum atomic E-state index is -0.0933. The molecule has 0 aliphatic heterocycles. The summed E-state index contributed by atoms with van der Waals surface area (Å²) >= 11 is 0. The smallest absolute Gasteiger partial charge is 0.247 e. The van der Waals surface area contributed by atoms with Crippen molar-refractivity contribution in [2.45, 2.75) is 46.1 Å². The van der Waals surface area contributed by atoms with E-state index >= 15 is 0 Å². The van der Waals surface area contributed by atoms with Gasteiger partial charge in [-0.1, -0.05) is 70.2 Å². The van der Waals surface area contributed by atoms with E-state index in [9.17, 15) is 4.79 Å². The van der Waals surface area contributed by atoms with Gasteiger partial charge in [0.1, 0.15) is 5.82 Å². The maximum atomic E-state index is 12.9. The second-order valence-corrected chi connectivity index (χ2v) is 7.33. The molecule has 4 nitrogen and oxygen atoms in total. The van der Waals surface area contributed by atoms with Crippen LogP contribution in [-0.2, 0) is 18.4 Å². The van der Waals surface area contributed by atoms with Gasteiger partial charge >= 0.3 is 5.69 Å². The first-order valence-corrected chi connectivity index (χ1v) is 8.73. The molecule has 1 aromatic heterocycles. The molecule has 0 radical (unpaired) electrons. The monoisotopic (exact) mass is 335 g/mol. The van der Waals surface area contributed by atoms with Gasteiger partial charge in [0, 0.05) is 6.42 Å². The summed E-state index contributed by atoms with van der Waals surface area (Å²) in [5.41, 5.74) is 3.19. The lowest BCUT2D eigenvalue weighted by molar-refractivity contribution is 0.590. The number of nitrogens with zero attached hydrogens (tertiary/aromatic N) is 3. The summed E-state index contributed by atoms with van der Waals surface area (Å²) in [5, 5.41) is 4.54. The maximum Gasteiger partial charge on any atom is 0.350 e. The highest BCUT2D eigenvalue weighted by atomic mass is 16.2. The highest BCUT2D eigenvalue weighted by Gasteiger charge is 2.16. The fourth-order valence-corrected chi connectivity index (χ4v) is 2.91. The van der Waals surface area contributed by atoms with Crippen LogP contribution in [0.5, 0.6) is 0 Å². The lowest BCUT2D eigenvalue weighted by Gasteiger charge is -2.19. The summed E-state index contributed by atoms with van der Waals surface area (Å²) < 4.78 is 3.27. The van der Waals surface area contributed by atoms with Crippen molar-refractivity contribution >= 4 is 0 Å². The Kier molecular flexibility index (Phi) is 4.62. The second-order valence-electron chi connectivity index (χ2n) is 7.33. The quantitative estimate of drug-likeness (QED) is 0.724. The topological polar surface area (TPSA) is 39.8 Å². The molecule has 0 N–H and O–H groups in total. The van der Waals surface area contributed by atoms with Gasteiger partial charge < -0.3 is 0 Å². The SMILES string of the molecule is CCc1nn(Cc2ccccc2)c(=O)n1-c1ccc(C(C)(C)C)cc1. The Morgan fingerprint density at radius 1 is 0.960 bits per heavy atom. The van der Waals surface area contributed by atoms with Crippen LogP contribution in [-0.4, -0.2) is 14.3 Å². The third-order valence-corrected chi connectivity index (χ3v) is 4.39. The number of hydrogen-bond donors (Lipinski definition) is 0. The molecule has 1 heterocycles. The molecule has 2 aromatic carbocycles. The second kappa shape index (κ2) is 6.71. The Balaban J connectivity index is 2.00. The molecule has 3 rings (SSSR count). The third kappa shape index (κ3) is 3.58. The van der Waals surface area contributed by atoms with Crippen LogP contribution in [0.4, 0.5) is 0 Å². The molecule has 3 aromatic rings. The van der Waals surface area contributed by atoms with Crippen molar-refractivity contribution in [3.63, 3.8) is 0 Å². The molecule has 130 valence electrons. The van der Waals surface area contributed by atoms with Gasteiger partial charge in [-0.25, -0.2) is 14.0 Å². The lowest BCUT2D eigenvalue weighted by atomic mass is 9.87. The van der Waals surface area contributed by atoms with Crippen LogP contribution >= 0.6 is 0 Å². The molecule has 0 bridgehead atoms. The number of hydrogen-bond acceptors (Lipinski definition) is 2. The highest BCUT2D eigenvalue weighted by Crippen LogP contribution is 2.23. The molecule has 0 saturated heterocycles. The Hall–Kier alpha value is -2.62. The summed E-state index contributed by atoms with van der Waals surface area (Å²) in [6.45, 7) is 9.06. The molecule has 0 atom stereocenters. The summed E-state index contributed by atoms with van der Waals surface area (Å²) in [7, 11) is 0. The molecule has 0 amide bonds. The minimum Gasteiger partial charge on any atom is -0.247 e. The summed E-state index contributed by atoms with van der Waals surface area (Å²) in [4.78, 5) is 12.9. The molecular formula is C21H25N3O. The van der Waals surface area contributed by atoms with Crippen molar-refractivity contribution in [2.75, 3.05) is 0 Å². The van der Waals surface area contributed by atoms with Gasteiger partial charge in [-0.3, -0.25) is 0 Å². The molecule has 0 aliphatic carbocycles. The average molecular weight is 335 g/mol. The summed E-state index contributed by atoms with van der Waals surface area (Å²) in [5.74, 6) is 0.782. The normalized spacial score (nSPS) is 11.7. The molecule has 0 fully saturated rings. The largest absolute Gasteiger partial charge is 0.350 e. The van der Waals surface area contributed by atoms with E-state index in [1.807, 2.05) is 49.4 Å². The van der Waals surface area contributed by atoms with Gasteiger partial charge in [0.25, 0.3) is 0 Å². The zero-order valence-corrected chi connectivity index (χ0v) is 15.4. The van der Waals surface area contributed by atoms with Crippen LogP contribution < -0.4 is 5.69 Å². The first-order chi connectivity index (χ1) is 11.9. The number of rotatable bonds is 4. The van der Waals surface area contributed by atoms with Crippen LogP contribution in [0.3, 0.4) is 0 Å². The van der Waals surface area contributed by atoms with E-state index in [1.54, 1.807) is 9.25 Å². The fourth-order valence-electron chi connectivity index (χ4n) is 2.91. The molecule has 25 heavy (non-hydrogen) atoms. The van der Waals surface area contributed by atoms with Crippen LogP contribution in [0.1, 0.15) is 44.6 Å². The van der Waals surface area contributed by atoms with E-state index < -0.39 is 0 Å². The van der Waals surface area contributed by atoms with E-state index in [2.05, 4.69) is 38.0 Å². The zero-order valence-electron chi connectivity index (χ0n) is 15.4. The van der Waals surface area contributed by atoms with Crippen LogP contribution in [0, 0.1) is 0 Å². The average Bonchev–Trinajstić information content (AvgIpc) is 2.91. The lowest BCUT2D eigenvalue weighted by Crippen LogP contribution is -2.25. The molecule has 0 saturated carbocycles. The number of benzene rings is 2. The Morgan fingerprint density at radius 2 is 1.60 bits per heavy atom. The molecule has 0 spiro atoms. The van der Waals surface area contributed by atoms with Gasteiger partial charge in [0.2, 0.25) is 0 Å². The van der Waals surface area contributed by atoms with Crippen molar-refractivity contribution in [3.05, 3.63) is 82.0 Å². The molecule has 0 aliphatic rings. The van der Waals surface area contributed by atoms with Crippen LogP contribution in [0.25, 0.3) is 5.69 Å². The van der Waals surface area contributed by atoms with Crippen LogP contribution in [0.15, 0.2) is 59.4 Å². The van der Waals surface area contributed by atoms with E-state index in [-0.39, 0.29) is 11.1 Å². The van der Waals surface area contributed by atoms with Gasteiger partial charge in [-0.2, -0.15) is 5.10 Å². The highest BCUT2D eigenvalue weighted by molar-refractivity contribution is 5.37. The Bertz CT molecular complexity index is 897. The molecule has 4 heteroatoms. The van der Waals surface area contributed by atoms with Crippen molar-refractivity contribution in [2.24, 2.45) is 0 Å². The van der Waals surface area contributed by atoms with Gasteiger partial charge in [0.05, 0.1) is 12.2 Å². The summed E-state index contributed by atoms with van der Waals surface area (Å²) in [6, 6.07) is 18.1. The van der Waals surface area contributed by atoms with Crippen LogP contribution in [0.2, 0.25) is 0 Å². The fraction of sp³-hybridized carbons (Fsp3) is 0.333. The van der Waals surface area contributed by atoms with Gasteiger partial charge in [-0.15, -0.1) is 0 Å². The van der Waals surface area contributed by atoms with Gasteiger partial charge in [0.15, 0.2) is 0 Å². The third-order valence-electron chi connectivity index (χ3n) is 4.39. The molecular weight excluding hydrogens is 310 g/mol. The van der Waals surface area contributed by atoms with Crippen molar-refractivity contribution in [1.82, 2.24) is 14.3 Å². The minimum absolute atomic E-state index is 0.0918. The van der Waals surface area contributed by atoms with E-state index in [4.69, 9.17) is 0 Å².